The second-order valence-corrected chi connectivity index (χ2v) is 12.6. The first-order valence-corrected chi connectivity index (χ1v) is 13.3. The van der Waals surface area contributed by atoms with Gasteiger partial charge in [-0.15, -0.1) is 5.10 Å². The summed E-state index contributed by atoms with van der Waals surface area (Å²) in [5.41, 5.74) is 2.69. The summed E-state index contributed by atoms with van der Waals surface area (Å²) in [4.78, 5) is 13.6. The van der Waals surface area contributed by atoms with Gasteiger partial charge in [-0.2, -0.15) is 0 Å². The van der Waals surface area contributed by atoms with E-state index in [1.807, 2.05) is 23.7 Å². The van der Waals surface area contributed by atoms with Gasteiger partial charge in [0.2, 0.25) is 0 Å². The summed E-state index contributed by atoms with van der Waals surface area (Å²) < 4.78 is 1.83. The highest BCUT2D eigenvalue weighted by Crippen LogP contribution is 2.64. The molecule has 8 unspecified atom stereocenters. The lowest BCUT2D eigenvalue weighted by Crippen LogP contribution is -2.51. The van der Waals surface area contributed by atoms with Crippen LogP contribution >= 0.6 is 0 Å². The van der Waals surface area contributed by atoms with Crippen molar-refractivity contribution < 1.29 is 9.90 Å². The van der Waals surface area contributed by atoms with Crippen LogP contribution in [0.25, 0.3) is 11.0 Å². The zero-order chi connectivity index (χ0) is 23.0. The van der Waals surface area contributed by atoms with Crippen molar-refractivity contribution in [2.45, 2.75) is 90.7 Å². The van der Waals surface area contributed by atoms with Crippen LogP contribution in [0.15, 0.2) is 18.2 Å². The Morgan fingerprint density at radius 3 is 2.73 bits per heavy atom. The van der Waals surface area contributed by atoms with E-state index in [-0.39, 0.29) is 11.3 Å². The molecule has 1 aromatic carbocycles. The molecule has 0 saturated heterocycles. The highest BCUT2D eigenvalue weighted by atomic mass is 16.3. The third-order valence-electron chi connectivity index (χ3n) is 10.6. The lowest BCUT2D eigenvalue weighted by molar-refractivity contribution is -0.133. The second kappa shape index (κ2) is 7.63. The van der Waals surface area contributed by atoms with Crippen LogP contribution < -0.4 is 0 Å². The number of aryl methyl sites for hydroxylation is 1. The zero-order valence-electron chi connectivity index (χ0n) is 20.5. The lowest BCUT2D eigenvalue weighted by atomic mass is 9.49. The molecule has 4 aliphatic carbocycles. The summed E-state index contributed by atoms with van der Waals surface area (Å²) in [6.45, 7) is 6.90. The number of carbonyl (C=O) groups is 1. The zero-order valence-corrected chi connectivity index (χ0v) is 20.5. The molecular formula is C28H39N3O2. The normalized spacial score (nSPS) is 42.5. The van der Waals surface area contributed by atoms with E-state index in [9.17, 15) is 9.90 Å². The maximum atomic E-state index is 13.6. The number of ketones is 1. The smallest absolute Gasteiger partial charge is 0.157 e. The highest BCUT2D eigenvalue weighted by molar-refractivity contribution is 5.84. The van der Waals surface area contributed by atoms with Crippen LogP contribution in [0, 0.1) is 47.8 Å². The van der Waals surface area contributed by atoms with Gasteiger partial charge in [0.1, 0.15) is 12.1 Å². The summed E-state index contributed by atoms with van der Waals surface area (Å²) in [5, 5.41) is 19.2. The highest BCUT2D eigenvalue weighted by Gasteiger charge is 2.58. The summed E-state index contributed by atoms with van der Waals surface area (Å²) >= 11 is 0. The van der Waals surface area contributed by atoms with Gasteiger partial charge in [-0.05, 0) is 124 Å². The van der Waals surface area contributed by atoms with E-state index in [0.29, 0.717) is 24.2 Å². The van der Waals surface area contributed by atoms with Crippen LogP contribution in [-0.2, 0) is 11.3 Å². The number of aromatic nitrogens is 3. The number of nitrogens with zero attached hydrogens (tertiary/aromatic N) is 3. The predicted molar refractivity (Wildman–Crippen MR) is 128 cm³/mol. The summed E-state index contributed by atoms with van der Waals surface area (Å²) in [6, 6.07) is 6.13. The average molecular weight is 450 g/mol. The van der Waals surface area contributed by atoms with Gasteiger partial charge < -0.3 is 5.11 Å². The van der Waals surface area contributed by atoms with Crippen LogP contribution in [0.3, 0.4) is 0 Å². The van der Waals surface area contributed by atoms with Crippen molar-refractivity contribution in [3.8, 4) is 0 Å². The molecule has 4 aliphatic rings. The number of hydrogen-bond donors (Lipinski definition) is 1. The molecule has 0 spiro atoms. The Kier molecular flexibility index (Phi) is 5.03. The van der Waals surface area contributed by atoms with Gasteiger partial charge in [-0.1, -0.05) is 18.2 Å². The van der Waals surface area contributed by atoms with E-state index in [0.717, 1.165) is 48.0 Å². The Labute approximate surface area is 197 Å². The van der Waals surface area contributed by atoms with Crippen LogP contribution in [0.1, 0.15) is 77.2 Å². The van der Waals surface area contributed by atoms with Gasteiger partial charge in [0, 0.05) is 5.92 Å². The number of fused-ring (bicyclic) bond motifs is 6. The van der Waals surface area contributed by atoms with Crippen molar-refractivity contribution in [2.24, 2.45) is 40.9 Å². The Morgan fingerprint density at radius 1 is 1.06 bits per heavy atom. The Hall–Kier alpha value is -1.75. The maximum absolute atomic E-state index is 13.6. The quantitative estimate of drug-likeness (QED) is 0.688. The van der Waals surface area contributed by atoms with Crippen molar-refractivity contribution in [1.82, 2.24) is 15.0 Å². The Morgan fingerprint density at radius 2 is 1.88 bits per heavy atom. The fraction of sp³-hybridized carbons (Fsp3) is 0.750. The van der Waals surface area contributed by atoms with Crippen molar-refractivity contribution in [3.05, 3.63) is 23.8 Å². The van der Waals surface area contributed by atoms with Crippen molar-refractivity contribution in [1.29, 1.82) is 0 Å². The van der Waals surface area contributed by atoms with E-state index in [4.69, 9.17) is 0 Å². The van der Waals surface area contributed by atoms with Crippen LogP contribution in [0.4, 0.5) is 0 Å². The molecule has 6 rings (SSSR count). The average Bonchev–Trinajstić information content (AvgIpc) is 3.33. The van der Waals surface area contributed by atoms with Crippen molar-refractivity contribution >= 4 is 16.8 Å². The number of hydrogen-bond acceptors (Lipinski definition) is 4. The fourth-order valence-electron chi connectivity index (χ4n) is 9.06. The third-order valence-corrected chi connectivity index (χ3v) is 10.6. The van der Waals surface area contributed by atoms with E-state index in [2.05, 4.69) is 30.2 Å². The van der Waals surface area contributed by atoms with Crippen molar-refractivity contribution in [3.63, 3.8) is 0 Å². The first-order valence-electron chi connectivity index (χ1n) is 13.3. The van der Waals surface area contributed by atoms with Gasteiger partial charge >= 0.3 is 0 Å². The maximum Gasteiger partial charge on any atom is 0.157 e. The second-order valence-electron chi connectivity index (χ2n) is 12.6. The number of benzene rings is 1. The first-order chi connectivity index (χ1) is 15.7. The van der Waals surface area contributed by atoms with Gasteiger partial charge in [0.15, 0.2) is 5.78 Å². The Balaban J connectivity index is 1.20. The molecule has 0 amide bonds. The van der Waals surface area contributed by atoms with Gasteiger partial charge in [0.25, 0.3) is 0 Å². The molecule has 1 aromatic heterocycles. The molecule has 178 valence electrons. The van der Waals surface area contributed by atoms with Crippen LogP contribution in [0.2, 0.25) is 0 Å². The molecule has 1 heterocycles. The van der Waals surface area contributed by atoms with Crippen LogP contribution in [-0.4, -0.2) is 31.5 Å². The predicted octanol–water partition coefficient (Wildman–Crippen LogP) is 5.33. The molecular weight excluding hydrogens is 410 g/mol. The molecule has 0 radical (unpaired) electrons. The molecule has 33 heavy (non-hydrogen) atoms. The molecule has 5 heteroatoms. The summed E-state index contributed by atoms with van der Waals surface area (Å²) in [6.07, 6.45) is 10.4. The summed E-state index contributed by atoms with van der Waals surface area (Å²) in [5.74, 6) is 4.29. The summed E-state index contributed by atoms with van der Waals surface area (Å²) in [7, 11) is 0. The van der Waals surface area contributed by atoms with Gasteiger partial charge in [-0.25, -0.2) is 4.68 Å². The fourth-order valence-corrected chi connectivity index (χ4v) is 9.06. The number of rotatable bonds is 3. The molecule has 4 fully saturated rings. The van der Waals surface area contributed by atoms with Gasteiger partial charge in [0.05, 0.1) is 11.1 Å². The number of aliphatic hydroxyl groups is 1. The van der Waals surface area contributed by atoms with E-state index >= 15 is 0 Å². The van der Waals surface area contributed by atoms with E-state index in [1.165, 1.54) is 44.1 Å². The number of Topliss-reactive ketones (excluding diaryl/α,β-unsaturated/α-hetero) is 1. The minimum absolute atomic E-state index is 0.136. The molecule has 0 bridgehead atoms. The Bertz CT molecular complexity index is 1070. The lowest BCUT2D eigenvalue weighted by Gasteiger charge is -2.56. The molecule has 5 nitrogen and oxygen atoms in total. The minimum Gasteiger partial charge on any atom is -0.390 e. The van der Waals surface area contributed by atoms with Crippen molar-refractivity contribution in [2.75, 3.05) is 0 Å². The van der Waals surface area contributed by atoms with Crippen LogP contribution in [0.5, 0.6) is 0 Å². The first kappa shape index (κ1) is 21.8. The van der Waals surface area contributed by atoms with Gasteiger partial charge in [-0.3, -0.25) is 4.79 Å². The number of carbonyl (C=O) groups excluding carboxylic acids is 1. The molecule has 0 aliphatic heterocycles. The SMILES string of the molecule is Cc1ccc2nnn(CC(=O)C3CCC4C5CCC6CC(C)(O)CCC6C5CCC34C)c2c1. The minimum atomic E-state index is -0.452. The van der Waals surface area contributed by atoms with E-state index < -0.39 is 5.60 Å². The topological polar surface area (TPSA) is 68.0 Å². The molecule has 4 saturated carbocycles. The third kappa shape index (κ3) is 3.48. The standard InChI is InChI=1S/C28H39N3O2/c1-17-4-9-24-25(14-17)31(30-29-24)16-26(32)23-8-7-22-21-6-5-18-15-27(2,33)12-10-19(18)20(21)11-13-28(22,23)3/h4,9,14,18-23,33H,5-8,10-13,15-16H2,1-3H3. The monoisotopic (exact) mass is 449 g/mol. The van der Waals surface area contributed by atoms with E-state index in [1.54, 1.807) is 0 Å². The molecule has 8 atom stereocenters. The largest absolute Gasteiger partial charge is 0.390 e. The molecule has 2 aromatic rings. The molecule has 1 N–H and O–H groups in total.